The standard InChI is InChI=1S/C28H35N3O6S.C28H35N3O4S.C22H31N3O4.C18H19N3O2S.C17H23N3O2/c1-27(2,3)36-25(32)30-17-15-29(16-18-30)22-14-10-11-20-19-23(38(34,35)21-12-8-7-9-13-21)31(24(20)22)26(33)37-28(4,5)6;1-27(2,3)34-25(32)30-17-15-29(16-18-30)22-14-10-11-20-19-23(36-21-12-8-7-9-13-21)31(24(20)22)26(33)35-28(4,5)6;1-21(2,3)28-19(26)24-14-12-23(13-15-24)17-9-7-8-16-10-11-25(18(16)17)20(27)29-22(4,5)6;22-24(23,15-6-2-1-3-7-15)17-13-14-5-4-8-16(18(14)20-17)21-11-9-19-10-12-21;1-17(2,3)22-16(21)20-11-9-19(10-12-20)14-6-4-5-13-7-8-18-15(13)14/h7-14,19H,15-18H2,1-6H3;7-14,19H,15-18H2,1-6H3;7-11H,12-15H2,1-6H3;1-8,13,19-20H,9-12H2;4-8,18H,9-12H2,1-3H3. The lowest BCUT2D eigenvalue weighted by molar-refractivity contribution is 0.0230. The summed E-state index contributed by atoms with van der Waals surface area (Å²) in [7, 11) is -7.58. The van der Waals surface area contributed by atoms with Gasteiger partial charge in [-0.25, -0.2) is 59.5 Å². The number of para-hydroxylation sites is 5. The first-order chi connectivity index (χ1) is 70.1. The summed E-state index contributed by atoms with van der Waals surface area (Å²) >= 11 is 1.53. The smallest absolute Gasteiger partial charge is 0.420 e. The molecule has 0 bridgehead atoms. The summed E-state index contributed by atoms with van der Waals surface area (Å²) in [6.07, 6.45) is 0.968. The highest BCUT2D eigenvalue weighted by Crippen LogP contribution is 2.42. The SMILES string of the molecule is CC(C)(C)OC(=O)N1CCN(c2cccc3cc(S(=O)(=O)c4ccccc4)n(C(=O)OC(C)(C)C)c23)CC1.CC(C)(C)OC(=O)N1CCN(c2cccc3cc(Sc4ccccc4)n(C(=O)OC(C)(C)C)c23)CC1.CC(C)(C)OC(=O)N1CCN(c2cccc3cc[nH]c23)CC1.CC(C)(C)OC(=O)N1CCN(c2cccc3ccn(C(=O)OC(C)(C)C)c23)CC1.O=S(=O)(c1ccccc1)c1cc2cccc(N3CCNCC3)c2[nH]1. The number of fused-ring (bicyclic) bond motifs is 5. The zero-order valence-electron chi connectivity index (χ0n) is 89.4. The van der Waals surface area contributed by atoms with E-state index >= 15 is 0 Å². The zero-order valence-corrected chi connectivity index (χ0v) is 91.9. The van der Waals surface area contributed by atoms with Crippen LogP contribution in [0, 0.1) is 0 Å². The van der Waals surface area contributed by atoms with Gasteiger partial charge in [0.2, 0.25) is 19.7 Å². The summed E-state index contributed by atoms with van der Waals surface area (Å²) in [5.74, 6) is 0. The first kappa shape index (κ1) is 111. The number of ether oxygens (including phenoxy) is 7. The molecule has 0 atom stereocenters. The molecule has 5 aromatic heterocycles. The average molecular weight is 2100 g/mol. The Kier molecular flexibility index (Phi) is 34.0. The molecule has 10 heterocycles. The van der Waals surface area contributed by atoms with Gasteiger partial charge in [0.05, 0.1) is 70.8 Å². The van der Waals surface area contributed by atoms with Crippen LogP contribution in [-0.4, -0.2) is 273 Å². The molecule has 0 saturated carbocycles. The average Bonchev–Trinajstić information content (AvgIpc) is 1.58. The third-order valence-electron chi connectivity index (χ3n) is 24.3. The van der Waals surface area contributed by atoms with Crippen LogP contribution >= 0.6 is 11.8 Å². The van der Waals surface area contributed by atoms with Crippen LogP contribution in [0.25, 0.3) is 54.5 Å². The fourth-order valence-electron chi connectivity index (χ4n) is 17.7. The van der Waals surface area contributed by atoms with Crippen molar-refractivity contribution in [1.82, 2.24) is 48.6 Å². The third kappa shape index (κ3) is 28.6. The number of anilines is 5. The topological polar surface area (TPSA) is 340 Å². The first-order valence-corrected chi connectivity index (χ1v) is 54.4. The summed E-state index contributed by atoms with van der Waals surface area (Å²) in [6, 6.07) is 65.6. The van der Waals surface area contributed by atoms with Crippen LogP contribution in [0.5, 0.6) is 0 Å². The number of hydrogen-bond acceptors (Lipinski definition) is 25. The summed E-state index contributed by atoms with van der Waals surface area (Å²) in [6.45, 7) is 52.1. The van der Waals surface area contributed by atoms with Crippen molar-refractivity contribution in [2.45, 2.75) is 214 Å². The molecule has 796 valence electrons. The number of nitrogens with zero attached hydrogens (tertiary/aromatic N) is 12. The normalized spacial score (nSPS) is 15.3. The van der Waals surface area contributed by atoms with E-state index in [9.17, 15) is 50.4 Å². The van der Waals surface area contributed by atoms with E-state index in [0.717, 1.165) is 104 Å². The number of hydrogen-bond donors (Lipinski definition) is 3. The van der Waals surface area contributed by atoms with Crippen molar-refractivity contribution in [3.8, 4) is 0 Å². The Labute approximate surface area is 878 Å². The highest BCUT2D eigenvalue weighted by atomic mass is 32.2. The van der Waals surface area contributed by atoms with Crippen molar-refractivity contribution in [3.05, 3.63) is 225 Å². The zero-order chi connectivity index (χ0) is 108. The lowest BCUT2D eigenvalue weighted by Crippen LogP contribution is -2.50. The minimum absolute atomic E-state index is 0.0835. The Morgan fingerprint density at radius 3 is 1.04 bits per heavy atom. The molecule has 5 saturated heterocycles. The van der Waals surface area contributed by atoms with Gasteiger partial charge in [0.15, 0.2) is 5.03 Å². The van der Waals surface area contributed by atoms with Crippen LogP contribution < -0.4 is 29.8 Å². The quantitative estimate of drug-likeness (QED) is 0.101. The molecular formula is C113H143N15O18S3. The molecule has 18 rings (SSSR count). The van der Waals surface area contributed by atoms with E-state index in [0.29, 0.717) is 113 Å². The highest BCUT2D eigenvalue weighted by molar-refractivity contribution is 7.99. The Morgan fingerprint density at radius 1 is 0.289 bits per heavy atom. The molecule has 33 nitrogen and oxygen atoms in total. The van der Waals surface area contributed by atoms with Crippen molar-refractivity contribution in [2.75, 3.05) is 155 Å². The lowest BCUT2D eigenvalue weighted by atomic mass is 10.2. The Morgan fingerprint density at radius 2 is 0.617 bits per heavy atom. The van der Waals surface area contributed by atoms with E-state index in [2.05, 4.69) is 59.1 Å². The van der Waals surface area contributed by atoms with Gasteiger partial charge >= 0.3 is 42.7 Å². The van der Waals surface area contributed by atoms with Crippen LogP contribution in [0.1, 0.15) is 145 Å². The number of carbonyl (C=O) groups is 7. The highest BCUT2D eigenvalue weighted by Gasteiger charge is 2.38. The molecule has 4 amide bonds. The maximum Gasteiger partial charge on any atom is 0.420 e. The number of rotatable bonds is 11. The van der Waals surface area contributed by atoms with Crippen LogP contribution in [0.3, 0.4) is 0 Å². The molecule has 36 heteroatoms. The van der Waals surface area contributed by atoms with Gasteiger partial charge in [0.1, 0.15) is 44.2 Å². The van der Waals surface area contributed by atoms with Gasteiger partial charge in [0, 0.05) is 175 Å². The Hall–Kier alpha value is -13.8. The van der Waals surface area contributed by atoms with E-state index in [1.165, 1.54) is 45.6 Å². The second-order valence-corrected chi connectivity index (χ2v) is 49.0. The van der Waals surface area contributed by atoms with Crippen molar-refractivity contribution in [2.24, 2.45) is 0 Å². The molecule has 3 N–H and O–H groups in total. The van der Waals surface area contributed by atoms with Crippen molar-refractivity contribution >= 4 is 157 Å². The fourth-order valence-corrected chi connectivity index (χ4v) is 21.4. The molecule has 0 spiro atoms. The third-order valence-corrected chi connectivity index (χ3v) is 28.8. The van der Waals surface area contributed by atoms with Crippen molar-refractivity contribution < 1.29 is 83.6 Å². The molecule has 0 radical (unpaired) electrons. The van der Waals surface area contributed by atoms with Crippen molar-refractivity contribution in [3.63, 3.8) is 0 Å². The number of nitrogens with one attached hydrogen (secondary N) is 3. The second-order valence-electron chi connectivity index (χ2n) is 44.1. The van der Waals surface area contributed by atoms with Gasteiger partial charge in [-0.1, -0.05) is 127 Å². The number of H-pyrrole nitrogens is 2. The number of aromatic amines is 2. The molecule has 0 aliphatic carbocycles. The summed E-state index contributed by atoms with van der Waals surface area (Å²) in [5.41, 5.74) is 4.89. The van der Waals surface area contributed by atoms with E-state index in [4.69, 9.17) is 33.2 Å². The van der Waals surface area contributed by atoms with Crippen LogP contribution in [0.15, 0.2) is 254 Å². The summed E-state index contributed by atoms with van der Waals surface area (Å²) < 4.78 is 96.5. The van der Waals surface area contributed by atoms with E-state index < -0.39 is 77.2 Å². The molecule has 5 aliphatic rings. The lowest BCUT2D eigenvalue weighted by Gasteiger charge is -2.37. The number of sulfone groups is 2. The maximum absolute atomic E-state index is 13.7. The summed E-state index contributed by atoms with van der Waals surface area (Å²) in [5, 5.41) is 8.88. The predicted molar refractivity (Wildman–Crippen MR) is 587 cm³/mol. The van der Waals surface area contributed by atoms with Gasteiger partial charge in [-0.2, -0.15) is 0 Å². The minimum Gasteiger partial charge on any atom is -0.444 e. The van der Waals surface area contributed by atoms with Crippen LogP contribution in [0.4, 0.5) is 62.0 Å². The van der Waals surface area contributed by atoms with E-state index in [1.54, 1.807) is 110 Å². The second kappa shape index (κ2) is 45.7. The Bertz CT molecular complexity index is 7140. The number of piperazine rings is 5. The van der Waals surface area contributed by atoms with Crippen LogP contribution in [-0.2, 0) is 52.8 Å². The molecule has 5 fully saturated rings. The monoisotopic (exact) mass is 2090 g/mol. The summed E-state index contributed by atoms with van der Waals surface area (Å²) in [4.78, 5) is 115. The molecule has 8 aromatic carbocycles. The first-order valence-electron chi connectivity index (χ1n) is 50.6. The minimum atomic E-state index is -4.04. The molecule has 5 aliphatic heterocycles. The number of carbonyl (C=O) groups excluding carboxylic acids is 7. The van der Waals surface area contributed by atoms with Crippen LogP contribution in [0.2, 0.25) is 0 Å². The Balaban J connectivity index is 0.000000149. The number of amides is 4. The van der Waals surface area contributed by atoms with E-state index in [-0.39, 0.29) is 39.3 Å². The molecule has 149 heavy (non-hydrogen) atoms. The molecular weight excluding hydrogens is 1950 g/mol. The van der Waals surface area contributed by atoms with Gasteiger partial charge in [-0.15, -0.1) is 0 Å². The van der Waals surface area contributed by atoms with Gasteiger partial charge in [-0.3, -0.25) is 4.57 Å². The van der Waals surface area contributed by atoms with Gasteiger partial charge in [0.25, 0.3) is 0 Å². The van der Waals surface area contributed by atoms with Crippen molar-refractivity contribution in [1.29, 1.82) is 0 Å². The maximum atomic E-state index is 13.7. The molecule has 13 aromatic rings. The van der Waals surface area contributed by atoms with Gasteiger partial charge in [-0.05, 0) is 242 Å². The number of benzene rings is 8. The largest absolute Gasteiger partial charge is 0.444 e. The molecule has 0 unspecified atom stereocenters. The fraction of sp³-hybridized carbons (Fsp3) is 0.425. The number of aromatic nitrogens is 5. The predicted octanol–water partition coefficient (Wildman–Crippen LogP) is 22.1. The van der Waals surface area contributed by atoms with E-state index in [1.807, 2.05) is 251 Å². The van der Waals surface area contributed by atoms with Gasteiger partial charge < -0.3 is 92.5 Å².